The van der Waals surface area contributed by atoms with Crippen LogP contribution in [0.15, 0.2) is 91.1 Å². The number of hydrogen-bond acceptors (Lipinski definition) is 6. The number of aromatic hydroxyl groups is 1. The van der Waals surface area contributed by atoms with Crippen LogP contribution in [0.4, 0.5) is 0 Å². The van der Waals surface area contributed by atoms with Crippen molar-refractivity contribution in [3.05, 3.63) is 102 Å². The summed E-state index contributed by atoms with van der Waals surface area (Å²) < 4.78 is 1.97. The Bertz CT molecular complexity index is 1670. The third-order valence-corrected chi connectivity index (χ3v) is 8.38. The van der Waals surface area contributed by atoms with Gasteiger partial charge in [-0.05, 0) is 60.0 Å². The Morgan fingerprint density at radius 2 is 1.57 bits per heavy atom. The number of fused-ring (bicyclic) bond motifs is 1. The first-order chi connectivity index (χ1) is 22.2. The maximum absolute atomic E-state index is 13.7. The second-order valence-electron chi connectivity index (χ2n) is 11.8. The molecule has 4 atom stereocenters. The van der Waals surface area contributed by atoms with E-state index in [1.807, 2.05) is 71.4 Å². The molecule has 2 heterocycles. The van der Waals surface area contributed by atoms with Crippen LogP contribution in [-0.2, 0) is 38.6 Å². The predicted molar refractivity (Wildman–Crippen MR) is 174 cm³/mol. The minimum absolute atomic E-state index is 0.113. The van der Waals surface area contributed by atoms with Gasteiger partial charge in [-0.2, -0.15) is 0 Å². The van der Waals surface area contributed by atoms with Crippen molar-refractivity contribution in [3.63, 3.8) is 0 Å². The highest BCUT2D eigenvalue weighted by atomic mass is 16.3. The fourth-order valence-electron chi connectivity index (χ4n) is 6.03. The van der Waals surface area contributed by atoms with Crippen molar-refractivity contribution in [2.45, 2.75) is 62.8 Å². The van der Waals surface area contributed by atoms with Crippen molar-refractivity contribution in [1.82, 2.24) is 20.1 Å². The molecule has 1 aromatic heterocycles. The maximum atomic E-state index is 13.7. The summed E-state index contributed by atoms with van der Waals surface area (Å²) in [4.78, 5) is 54.2. The topological polar surface area (TPSA) is 173 Å². The number of carbonyl (C=O) groups is 4. The van der Waals surface area contributed by atoms with Gasteiger partial charge in [-0.15, -0.1) is 0 Å². The number of nitrogens with two attached hydrogens (primary N) is 2. The molecule has 240 valence electrons. The molecule has 7 N–H and O–H groups in total. The first-order valence-electron chi connectivity index (χ1n) is 15.5. The number of rotatable bonds is 13. The molecule has 0 bridgehead atoms. The number of primary amides is 1. The molecular formula is C35H40N6O5. The van der Waals surface area contributed by atoms with Crippen LogP contribution in [0.5, 0.6) is 5.75 Å². The van der Waals surface area contributed by atoms with E-state index >= 15 is 0 Å². The first kappa shape index (κ1) is 32.2. The number of carbonyl (C=O) groups excluding carboxylic acids is 4. The Kier molecular flexibility index (Phi) is 10.3. The minimum Gasteiger partial charge on any atom is -0.508 e. The Balaban J connectivity index is 1.29. The molecule has 0 aliphatic carbocycles. The van der Waals surface area contributed by atoms with E-state index in [9.17, 15) is 24.3 Å². The van der Waals surface area contributed by atoms with Crippen LogP contribution < -0.4 is 22.1 Å². The van der Waals surface area contributed by atoms with Crippen LogP contribution in [0.3, 0.4) is 0 Å². The van der Waals surface area contributed by atoms with Gasteiger partial charge in [0, 0.05) is 37.6 Å². The molecule has 11 heteroatoms. The molecule has 4 amide bonds. The van der Waals surface area contributed by atoms with E-state index in [-0.39, 0.29) is 43.4 Å². The zero-order valence-corrected chi connectivity index (χ0v) is 25.5. The number of nitrogens with one attached hydrogen (secondary N) is 2. The summed E-state index contributed by atoms with van der Waals surface area (Å²) in [6, 6.07) is 22.4. The summed E-state index contributed by atoms with van der Waals surface area (Å²) in [7, 11) is 0. The number of aromatic nitrogens is 1. The molecule has 0 saturated carbocycles. The molecule has 46 heavy (non-hydrogen) atoms. The summed E-state index contributed by atoms with van der Waals surface area (Å²) in [5.41, 5.74) is 14.5. The van der Waals surface area contributed by atoms with Gasteiger partial charge in [-0.1, -0.05) is 60.7 Å². The van der Waals surface area contributed by atoms with Crippen LogP contribution in [0.25, 0.3) is 10.9 Å². The van der Waals surface area contributed by atoms with E-state index in [0.29, 0.717) is 19.4 Å². The molecule has 11 nitrogen and oxygen atoms in total. The molecule has 1 aliphatic rings. The number of phenolic OH excluding ortho intramolecular Hbond substituents is 1. The van der Waals surface area contributed by atoms with Crippen molar-refractivity contribution < 1.29 is 24.3 Å². The standard InChI is InChI=1S/C35H40N6O5/c36-28(19-24-12-14-27(42)15-13-24)35(46)41-17-6-11-31(41)34(45)38-26(22-40-18-16-25-9-4-5-10-30(25)40)21-32(43)39-29(33(37)44)20-23-7-2-1-3-8-23/h1-5,7-10,12-16,18,26,28-29,31,42H,6,11,17,19-22,36H2,(H2,37,44)(H,38,45)(H,39,43)/t26-,28+,29+,31+/m1/s1. The van der Waals surface area contributed by atoms with Gasteiger partial charge in [0.25, 0.3) is 0 Å². The lowest BCUT2D eigenvalue weighted by atomic mass is 10.0. The second kappa shape index (κ2) is 14.7. The number of amides is 4. The number of phenols is 1. The molecule has 0 spiro atoms. The lowest BCUT2D eigenvalue weighted by Crippen LogP contribution is -2.54. The summed E-state index contributed by atoms with van der Waals surface area (Å²) in [6.45, 7) is 0.682. The quantitative estimate of drug-likeness (QED) is 0.152. The highest BCUT2D eigenvalue weighted by molar-refractivity contribution is 5.91. The van der Waals surface area contributed by atoms with E-state index in [1.165, 1.54) is 17.0 Å². The highest BCUT2D eigenvalue weighted by Gasteiger charge is 2.37. The van der Waals surface area contributed by atoms with E-state index in [2.05, 4.69) is 10.6 Å². The summed E-state index contributed by atoms with van der Waals surface area (Å²) in [5, 5.41) is 16.4. The van der Waals surface area contributed by atoms with Gasteiger partial charge in [0.2, 0.25) is 23.6 Å². The van der Waals surface area contributed by atoms with Crippen LogP contribution in [-0.4, -0.2) is 68.9 Å². The molecule has 4 aromatic rings. The van der Waals surface area contributed by atoms with E-state index < -0.39 is 36.0 Å². The van der Waals surface area contributed by atoms with Gasteiger partial charge in [0.1, 0.15) is 17.8 Å². The van der Waals surface area contributed by atoms with Crippen LogP contribution in [0.2, 0.25) is 0 Å². The van der Waals surface area contributed by atoms with Crippen molar-refractivity contribution in [3.8, 4) is 5.75 Å². The van der Waals surface area contributed by atoms with E-state index in [1.54, 1.807) is 12.1 Å². The number of nitrogens with zero attached hydrogens (tertiary/aromatic N) is 2. The van der Waals surface area contributed by atoms with E-state index in [0.717, 1.165) is 22.0 Å². The van der Waals surface area contributed by atoms with Gasteiger partial charge in [-0.25, -0.2) is 0 Å². The third kappa shape index (κ3) is 8.10. The molecule has 3 aromatic carbocycles. The number of likely N-dealkylation sites (tertiary alicyclic amines) is 1. The predicted octanol–water partition coefficient (Wildman–Crippen LogP) is 2.00. The molecule has 1 saturated heterocycles. The Labute approximate surface area is 267 Å². The average molecular weight is 625 g/mol. The molecule has 0 radical (unpaired) electrons. The van der Waals surface area contributed by atoms with Gasteiger partial charge in [0.15, 0.2) is 0 Å². The maximum Gasteiger partial charge on any atom is 0.243 e. The molecular weight excluding hydrogens is 584 g/mol. The van der Waals surface area contributed by atoms with Crippen LogP contribution in [0.1, 0.15) is 30.4 Å². The van der Waals surface area contributed by atoms with Gasteiger partial charge >= 0.3 is 0 Å². The fraction of sp³-hybridized carbons (Fsp3) is 0.314. The molecule has 1 fully saturated rings. The smallest absolute Gasteiger partial charge is 0.243 e. The normalized spacial score (nSPS) is 16.5. The number of benzene rings is 3. The summed E-state index contributed by atoms with van der Waals surface area (Å²) in [5.74, 6) is -1.67. The van der Waals surface area contributed by atoms with Gasteiger partial charge in [0.05, 0.1) is 12.1 Å². The summed E-state index contributed by atoms with van der Waals surface area (Å²) >= 11 is 0. The first-order valence-corrected chi connectivity index (χ1v) is 15.5. The molecule has 1 aliphatic heterocycles. The molecule has 0 unspecified atom stereocenters. The van der Waals surface area contributed by atoms with Gasteiger partial charge < -0.3 is 36.7 Å². The number of para-hydroxylation sites is 1. The Morgan fingerprint density at radius 1 is 0.870 bits per heavy atom. The monoisotopic (exact) mass is 624 g/mol. The Morgan fingerprint density at radius 3 is 2.30 bits per heavy atom. The van der Waals surface area contributed by atoms with E-state index in [4.69, 9.17) is 11.5 Å². The Hall–Kier alpha value is -5.16. The van der Waals surface area contributed by atoms with Gasteiger partial charge in [-0.3, -0.25) is 19.2 Å². The fourth-order valence-corrected chi connectivity index (χ4v) is 6.03. The van der Waals surface area contributed by atoms with Crippen molar-refractivity contribution in [2.24, 2.45) is 11.5 Å². The zero-order chi connectivity index (χ0) is 32.6. The highest BCUT2D eigenvalue weighted by Crippen LogP contribution is 2.21. The second-order valence-corrected chi connectivity index (χ2v) is 11.8. The zero-order valence-electron chi connectivity index (χ0n) is 25.5. The largest absolute Gasteiger partial charge is 0.508 e. The summed E-state index contributed by atoms with van der Waals surface area (Å²) in [6.07, 6.45) is 3.40. The van der Waals surface area contributed by atoms with Crippen LogP contribution in [0, 0.1) is 0 Å². The van der Waals surface area contributed by atoms with Crippen molar-refractivity contribution in [1.29, 1.82) is 0 Å². The average Bonchev–Trinajstić information content (AvgIpc) is 3.70. The third-order valence-electron chi connectivity index (χ3n) is 8.38. The SMILES string of the molecule is NC(=O)[C@H](Cc1ccccc1)NC(=O)C[C@H](Cn1ccc2ccccc21)NC(=O)[C@@H]1CCCN1C(=O)[C@@H](N)Cc1ccc(O)cc1. The molecule has 5 rings (SSSR count). The number of hydrogen-bond donors (Lipinski definition) is 5. The minimum atomic E-state index is -0.920. The van der Waals surface area contributed by atoms with Crippen LogP contribution >= 0.6 is 0 Å². The van der Waals surface area contributed by atoms with Crippen molar-refractivity contribution >= 4 is 34.5 Å². The lowest BCUT2D eigenvalue weighted by molar-refractivity contribution is -0.139. The van der Waals surface area contributed by atoms with Crippen molar-refractivity contribution in [2.75, 3.05) is 6.54 Å². The lowest BCUT2D eigenvalue weighted by Gasteiger charge is -2.29.